The Balaban J connectivity index is 1.70. The van der Waals surface area contributed by atoms with E-state index in [1.54, 1.807) is 4.90 Å². The highest BCUT2D eigenvalue weighted by Crippen LogP contribution is 2.44. The highest BCUT2D eigenvalue weighted by molar-refractivity contribution is 6.30. The van der Waals surface area contributed by atoms with Crippen molar-refractivity contribution in [2.24, 2.45) is 0 Å². The molecular weight excluding hydrogens is 494 g/mol. The van der Waals surface area contributed by atoms with Gasteiger partial charge in [-0.3, -0.25) is 4.79 Å². The molecule has 1 saturated heterocycles. The Morgan fingerprint density at radius 2 is 1.89 bits per heavy atom. The van der Waals surface area contributed by atoms with Gasteiger partial charge >= 0.3 is 0 Å². The summed E-state index contributed by atoms with van der Waals surface area (Å²) in [6.07, 6.45) is 7.65. The zero-order chi connectivity index (χ0) is 26.3. The quantitative estimate of drug-likeness (QED) is 0.405. The van der Waals surface area contributed by atoms with Crippen LogP contribution in [-0.2, 0) is 16.6 Å². The molecule has 8 nitrogen and oxygen atoms in total. The minimum absolute atomic E-state index is 0.0177. The Kier molecular flexibility index (Phi) is 9.62. The number of amides is 1. The lowest BCUT2D eigenvalue weighted by atomic mass is 9.76. The Labute approximate surface area is 224 Å². The molecule has 2 aromatic rings. The maximum absolute atomic E-state index is 13.9. The van der Waals surface area contributed by atoms with Gasteiger partial charge in [0.15, 0.2) is 5.69 Å². The number of carbonyl (C=O) groups excluding carboxylic acids is 1. The number of hydrogen-bond donors (Lipinski definition) is 2. The summed E-state index contributed by atoms with van der Waals surface area (Å²) < 4.78 is 11.3. The van der Waals surface area contributed by atoms with E-state index in [1.807, 2.05) is 19.1 Å². The van der Waals surface area contributed by atoms with Gasteiger partial charge in [0, 0.05) is 42.7 Å². The second-order valence-corrected chi connectivity index (χ2v) is 10.5. The van der Waals surface area contributed by atoms with Gasteiger partial charge < -0.3 is 24.6 Å². The van der Waals surface area contributed by atoms with Gasteiger partial charge in [-0.15, -0.1) is 0 Å². The standard InChI is InChI=1S/C28H38ClN3O5/c1-2-3-16-37-25-24(27(35)32(14-15-33)22-10-17-36-18-11-22)30-23(31-26(25)34)19-28(12-4-5-13-28)20-6-8-21(29)9-7-20/h6-9,22,33H,2-5,10-19H2,1H3,(H,30,31,34). The molecule has 1 aromatic carbocycles. The van der Waals surface area contributed by atoms with Gasteiger partial charge in [-0.1, -0.05) is 49.9 Å². The molecule has 1 aromatic heterocycles. The maximum Gasteiger partial charge on any atom is 0.276 e. The summed E-state index contributed by atoms with van der Waals surface area (Å²) in [4.78, 5) is 24.7. The third kappa shape index (κ3) is 6.54. The average molecular weight is 532 g/mol. The molecule has 2 fully saturated rings. The number of aromatic hydroxyl groups is 1. The van der Waals surface area contributed by atoms with E-state index in [0.717, 1.165) is 44.1 Å². The number of ether oxygens (including phenoxy) is 2. The minimum Gasteiger partial charge on any atom is -0.491 e. The molecule has 0 spiro atoms. The number of hydrogen-bond acceptors (Lipinski definition) is 7. The van der Waals surface area contributed by atoms with Crippen LogP contribution in [0.5, 0.6) is 11.6 Å². The lowest BCUT2D eigenvalue weighted by molar-refractivity contribution is 0.0240. The first-order valence-corrected chi connectivity index (χ1v) is 13.8. The summed E-state index contributed by atoms with van der Waals surface area (Å²) >= 11 is 6.15. The van der Waals surface area contributed by atoms with Crippen molar-refractivity contribution in [3.05, 3.63) is 46.4 Å². The second-order valence-electron chi connectivity index (χ2n) is 10.1. The number of aliphatic hydroxyl groups is 1. The van der Waals surface area contributed by atoms with Crippen LogP contribution in [0.1, 0.15) is 80.2 Å². The van der Waals surface area contributed by atoms with Crippen molar-refractivity contribution < 1.29 is 24.5 Å². The summed E-state index contributed by atoms with van der Waals surface area (Å²) in [7, 11) is 0. The zero-order valence-electron chi connectivity index (χ0n) is 21.6. The number of halogens is 1. The van der Waals surface area contributed by atoms with Crippen molar-refractivity contribution in [1.29, 1.82) is 0 Å². The molecule has 2 N–H and O–H groups in total. The van der Waals surface area contributed by atoms with E-state index in [-0.39, 0.29) is 47.8 Å². The number of carbonyl (C=O) groups is 1. The first-order valence-electron chi connectivity index (χ1n) is 13.5. The third-order valence-corrected chi connectivity index (χ3v) is 7.84. The van der Waals surface area contributed by atoms with Crippen LogP contribution in [0.15, 0.2) is 24.3 Å². The van der Waals surface area contributed by atoms with Crippen LogP contribution in [0.2, 0.25) is 5.02 Å². The molecule has 1 amide bonds. The fraction of sp³-hybridized carbons (Fsp3) is 0.607. The van der Waals surface area contributed by atoms with E-state index < -0.39 is 0 Å². The average Bonchev–Trinajstić information content (AvgIpc) is 3.38. The van der Waals surface area contributed by atoms with Crippen molar-refractivity contribution in [2.75, 3.05) is 33.0 Å². The summed E-state index contributed by atoms with van der Waals surface area (Å²) in [5.41, 5.74) is 1.04. The lowest BCUT2D eigenvalue weighted by Gasteiger charge is -2.34. The highest BCUT2D eigenvalue weighted by Gasteiger charge is 2.38. The van der Waals surface area contributed by atoms with Gasteiger partial charge in [0.1, 0.15) is 5.82 Å². The van der Waals surface area contributed by atoms with E-state index in [9.17, 15) is 15.0 Å². The number of benzene rings is 1. The number of rotatable bonds is 11. The molecular formula is C28H38ClN3O5. The van der Waals surface area contributed by atoms with Crippen LogP contribution in [0.4, 0.5) is 0 Å². The molecule has 1 aliphatic heterocycles. The topological polar surface area (TPSA) is 105 Å². The lowest BCUT2D eigenvalue weighted by Crippen LogP contribution is -2.45. The molecule has 1 aliphatic carbocycles. The molecule has 202 valence electrons. The Morgan fingerprint density at radius 1 is 1.19 bits per heavy atom. The van der Waals surface area contributed by atoms with Crippen LogP contribution < -0.4 is 4.74 Å². The Hall–Kier alpha value is -2.42. The van der Waals surface area contributed by atoms with Crippen LogP contribution >= 0.6 is 11.6 Å². The number of unbranched alkanes of at least 4 members (excludes halogenated alkanes) is 1. The van der Waals surface area contributed by atoms with E-state index in [1.165, 1.54) is 0 Å². The number of aliphatic hydroxyl groups excluding tert-OH is 1. The van der Waals surface area contributed by atoms with Gasteiger partial charge in [0.05, 0.1) is 13.2 Å². The summed E-state index contributed by atoms with van der Waals surface area (Å²) in [6.45, 7) is 3.51. The summed E-state index contributed by atoms with van der Waals surface area (Å²) in [6, 6.07) is 7.82. The van der Waals surface area contributed by atoms with Gasteiger partial charge in [-0.25, -0.2) is 4.98 Å². The van der Waals surface area contributed by atoms with E-state index in [2.05, 4.69) is 17.1 Å². The van der Waals surface area contributed by atoms with E-state index >= 15 is 0 Å². The monoisotopic (exact) mass is 531 g/mol. The van der Waals surface area contributed by atoms with E-state index in [0.29, 0.717) is 49.9 Å². The van der Waals surface area contributed by atoms with Crippen molar-refractivity contribution in [3.63, 3.8) is 0 Å². The van der Waals surface area contributed by atoms with E-state index in [4.69, 9.17) is 26.1 Å². The molecule has 4 rings (SSSR count). The molecule has 0 unspecified atom stereocenters. The SMILES string of the molecule is CCCCOc1c(O)nc(CC2(c3ccc(Cl)cc3)CCCC2)nc1C(=O)N(CCO)C1CCOCC1. The fourth-order valence-electron chi connectivity index (χ4n) is 5.58. The molecule has 0 radical (unpaired) electrons. The number of aromatic nitrogens is 2. The first kappa shape index (κ1) is 27.6. The summed E-state index contributed by atoms with van der Waals surface area (Å²) in [5, 5.41) is 21.4. The van der Waals surface area contributed by atoms with Crippen LogP contribution in [0, 0.1) is 0 Å². The van der Waals surface area contributed by atoms with Crippen molar-refractivity contribution in [3.8, 4) is 11.6 Å². The van der Waals surface area contributed by atoms with Gasteiger partial charge in [-0.05, 0) is 49.8 Å². The van der Waals surface area contributed by atoms with Gasteiger partial charge in [0.25, 0.3) is 11.8 Å². The largest absolute Gasteiger partial charge is 0.491 e. The minimum atomic E-state index is -0.363. The van der Waals surface area contributed by atoms with Crippen molar-refractivity contribution >= 4 is 17.5 Å². The molecule has 2 heterocycles. The van der Waals surface area contributed by atoms with Crippen molar-refractivity contribution in [2.45, 2.75) is 76.2 Å². The normalized spacial score (nSPS) is 17.6. The molecule has 37 heavy (non-hydrogen) atoms. The van der Waals surface area contributed by atoms with Crippen LogP contribution in [0.3, 0.4) is 0 Å². The summed E-state index contributed by atoms with van der Waals surface area (Å²) in [5.74, 6) is -0.247. The Bertz CT molecular complexity index is 1040. The molecule has 0 atom stereocenters. The van der Waals surface area contributed by atoms with Gasteiger partial charge in [-0.2, -0.15) is 4.98 Å². The van der Waals surface area contributed by atoms with Crippen LogP contribution in [-0.4, -0.2) is 70.0 Å². The Morgan fingerprint density at radius 3 is 2.54 bits per heavy atom. The predicted molar refractivity (Wildman–Crippen MR) is 141 cm³/mol. The van der Waals surface area contributed by atoms with Gasteiger partial charge in [0.2, 0.25) is 5.75 Å². The molecule has 2 aliphatic rings. The first-order chi connectivity index (χ1) is 18.0. The van der Waals surface area contributed by atoms with Crippen molar-refractivity contribution in [1.82, 2.24) is 14.9 Å². The number of nitrogens with zero attached hydrogens (tertiary/aromatic N) is 3. The fourth-order valence-corrected chi connectivity index (χ4v) is 5.70. The predicted octanol–water partition coefficient (Wildman–Crippen LogP) is 4.68. The molecule has 0 bridgehead atoms. The second kappa shape index (κ2) is 12.9. The van der Waals surface area contributed by atoms with Crippen LogP contribution in [0.25, 0.3) is 0 Å². The maximum atomic E-state index is 13.9. The smallest absolute Gasteiger partial charge is 0.276 e. The molecule has 9 heteroatoms. The third-order valence-electron chi connectivity index (χ3n) is 7.59. The zero-order valence-corrected chi connectivity index (χ0v) is 22.4. The highest BCUT2D eigenvalue weighted by atomic mass is 35.5. The molecule has 1 saturated carbocycles.